The number of amides is 3. The van der Waals surface area contributed by atoms with Crippen LogP contribution >= 0.6 is 11.6 Å². The molecule has 2 aromatic heterocycles. The molecule has 0 spiro atoms. The van der Waals surface area contributed by atoms with Crippen LogP contribution in [-0.2, 0) is 20.7 Å². The van der Waals surface area contributed by atoms with Crippen LogP contribution in [-0.4, -0.2) is 55.2 Å². The molecular formula is C29H30ClN9O4. The van der Waals surface area contributed by atoms with Gasteiger partial charge in [0.15, 0.2) is 0 Å². The number of methoxy groups -OCH3 is 1. The van der Waals surface area contributed by atoms with E-state index in [-0.39, 0.29) is 11.8 Å². The lowest BCUT2D eigenvalue weighted by atomic mass is 9.99. The molecule has 5 rings (SSSR count). The number of benzene rings is 2. The number of aromatic amines is 1. The number of H-pyrrole nitrogens is 1. The van der Waals surface area contributed by atoms with E-state index in [9.17, 15) is 14.4 Å². The fourth-order valence-electron chi connectivity index (χ4n) is 4.87. The number of carbonyl (C=O) groups is 3. The summed E-state index contributed by atoms with van der Waals surface area (Å²) in [7, 11) is 1.24. The second-order valence-corrected chi connectivity index (χ2v) is 10.6. The minimum Gasteiger partial charge on any atom is -0.453 e. The highest BCUT2D eigenvalue weighted by molar-refractivity contribution is 6.30. The quantitative estimate of drug-likeness (QED) is 0.225. The fraction of sp³-hybridized carbons (Fsp3) is 0.276. The van der Waals surface area contributed by atoms with Crippen LogP contribution < -0.4 is 16.0 Å². The zero-order chi connectivity index (χ0) is 30.3. The standard InChI is InChI=1S/C29H30ClN9O4/c1-17-5-3-4-6-25-31-15-23(34-25)28-21(13-20(33-29(42)43-2)14-22(28)36-27(41)11-17)35-26(40)10-7-18-12-19(30)8-9-24(18)39-16-32-37-38-39/h7-10,12-17H,3-6,11H2,1-2H3,(H,31,34)(H,33,42)(H,35,40)(H,36,41)/t17-/m0/s1. The second-order valence-electron chi connectivity index (χ2n) is 10.2. The van der Waals surface area contributed by atoms with Gasteiger partial charge in [0.2, 0.25) is 11.8 Å². The highest BCUT2D eigenvalue weighted by atomic mass is 35.5. The number of fused-ring (bicyclic) bond motifs is 4. The predicted octanol–water partition coefficient (Wildman–Crippen LogP) is 5.23. The SMILES string of the molecule is COC(=O)Nc1cc(NC(=O)C=Cc2cc(Cl)ccc2-n2cnnn2)c2c(c1)NC(=O)C[C@@H](C)CCCCc1ncc-2[nH]1. The first-order chi connectivity index (χ1) is 20.8. The monoisotopic (exact) mass is 603 g/mol. The molecule has 43 heavy (non-hydrogen) atoms. The summed E-state index contributed by atoms with van der Waals surface area (Å²) in [5.41, 5.74) is 3.33. The third-order valence-corrected chi connectivity index (χ3v) is 7.13. The third-order valence-electron chi connectivity index (χ3n) is 6.89. The summed E-state index contributed by atoms with van der Waals surface area (Å²) in [6.45, 7) is 2.04. The van der Waals surface area contributed by atoms with Gasteiger partial charge >= 0.3 is 6.09 Å². The van der Waals surface area contributed by atoms with Gasteiger partial charge in [0.25, 0.3) is 0 Å². The Morgan fingerprint density at radius 2 is 2.05 bits per heavy atom. The molecule has 0 fully saturated rings. The Kier molecular flexibility index (Phi) is 9.11. The van der Waals surface area contributed by atoms with Gasteiger partial charge in [0.1, 0.15) is 12.2 Å². The van der Waals surface area contributed by atoms with Crippen molar-refractivity contribution in [1.82, 2.24) is 30.2 Å². The molecule has 0 radical (unpaired) electrons. The molecule has 2 aromatic carbocycles. The Morgan fingerprint density at radius 1 is 1.19 bits per heavy atom. The van der Waals surface area contributed by atoms with E-state index in [1.54, 1.807) is 42.6 Å². The number of hydrogen-bond acceptors (Lipinski definition) is 8. The van der Waals surface area contributed by atoms with Crippen molar-refractivity contribution in [3.63, 3.8) is 0 Å². The molecule has 14 heteroatoms. The molecule has 1 atom stereocenters. The average molecular weight is 604 g/mol. The number of anilines is 3. The van der Waals surface area contributed by atoms with Crippen LogP contribution in [0.4, 0.5) is 21.9 Å². The minimum absolute atomic E-state index is 0.181. The maximum absolute atomic E-state index is 13.3. The van der Waals surface area contributed by atoms with E-state index in [1.807, 2.05) is 6.92 Å². The van der Waals surface area contributed by atoms with Crippen molar-refractivity contribution in [2.75, 3.05) is 23.1 Å². The predicted molar refractivity (Wildman–Crippen MR) is 162 cm³/mol. The van der Waals surface area contributed by atoms with Gasteiger partial charge in [-0.15, -0.1) is 5.10 Å². The number of carbonyl (C=O) groups excluding carboxylic acids is 3. The highest BCUT2D eigenvalue weighted by Gasteiger charge is 2.21. The van der Waals surface area contributed by atoms with Crippen LogP contribution in [0, 0.1) is 5.92 Å². The van der Waals surface area contributed by atoms with Gasteiger partial charge in [-0.05, 0) is 59.2 Å². The Hall–Kier alpha value is -5.04. The molecule has 13 nitrogen and oxygen atoms in total. The molecule has 2 bridgehead atoms. The molecule has 0 saturated carbocycles. The van der Waals surface area contributed by atoms with Crippen LogP contribution in [0.15, 0.2) is 48.9 Å². The number of aromatic nitrogens is 6. The van der Waals surface area contributed by atoms with Gasteiger partial charge in [-0.3, -0.25) is 14.9 Å². The van der Waals surface area contributed by atoms with Crippen molar-refractivity contribution in [2.45, 2.75) is 39.0 Å². The maximum atomic E-state index is 13.3. The number of aryl methyl sites for hydroxylation is 1. The number of imidazole rings is 1. The molecule has 4 N–H and O–H groups in total. The number of ether oxygens (including phenoxy) is 1. The van der Waals surface area contributed by atoms with E-state index in [0.29, 0.717) is 51.0 Å². The Balaban J connectivity index is 1.54. The number of tetrazole rings is 1. The second kappa shape index (κ2) is 13.3. The van der Waals surface area contributed by atoms with Crippen molar-refractivity contribution in [3.8, 4) is 16.9 Å². The van der Waals surface area contributed by atoms with Gasteiger partial charge in [-0.25, -0.2) is 9.78 Å². The molecule has 0 aliphatic carbocycles. The first-order valence-corrected chi connectivity index (χ1v) is 14.1. The number of nitrogens with zero attached hydrogens (tertiary/aromatic N) is 5. The molecule has 3 amide bonds. The third kappa shape index (κ3) is 7.43. The molecule has 0 saturated heterocycles. The molecule has 4 aromatic rings. The number of rotatable bonds is 5. The lowest BCUT2D eigenvalue weighted by Gasteiger charge is -2.18. The highest BCUT2D eigenvalue weighted by Crippen LogP contribution is 2.38. The van der Waals surface area contributed by atoms with Gasteiger partial charge in [-0.1, -0.05) is 31.4 Å². The Morgan fingerprint density at radius 3 is 2.84 bits per heavy atom. The minimum atomic E-state index is -0.707. The zero-order valence-corrected chi connectivity index (χ0v) is 24.3. The summed E-state index contributed by atoms with van der Waals surface area (Å²) >= 11 is 6.22. The topological polar surface area (TPSA) is 169 Å². The van der Waals surface area contributed by atoms with Crippen LogP contribution in [0.25, 0.3) is 23.0 Å². The van der Waals surface area contributed by atoms with E-state index in [4.69, 9.17) is 16.3 Å². The van der Waals surface area contributed by atoms with E-state index in [0.717, 1.165) is 31.5 Å². The first-order valence-electron chi connectivity index (χ1n) is 13.7. The fourth-order valence-corrected chi connectivity index (χ4v) is 5.05. The average Bonchev–Trinajstić information content (AvgIpc) is 3.67. The van der Waals surface area contributed by atoms with Crippen LogP contribution in [0.3, 0.4) is 0 Å². The molecule has 0 unspecified atom stereocenters. The van der Waals surface area contributed by atoms with Crippen molar-refractivity contribution in [1.29, 1.82) is 0 Å². The lowest BCUT2D eigenvalue weighted by molar-refractivity contribution is -0.117. The summed E-state index contributed by atoms with van der Waals surface area (Å²) in [5, 5.41) is 20.2. The first kappa shape index (κ1) is 29.5. The summed E-state index contributed by atoms with van der Waals surface area (Å²) < 4.78 is 6.22. The lowest BCUT2D eigenvalue weighted by Crippen LogP contribution is -2.18. The van der Waals surface area contributed by atoms with Gasteiger partial charge in [-0.2, -0.15) is 4.68 Å². The summed E-state index contributed by atoms with van der Waals surface area (Å²) in [6.07, 6.45) is 9.20. The number of nitrogens with one attached hydrogen (secondary N) is 4. The molecule has 1 aliphatic heterocycles. The summed E-state index contributed by atoms with van der Waals surface area (Å²) in [4.78, 5) is 46.4. The number of halogens is 1. The van der Waals surface area contributed by atoms with Gasteiger partial charge in [0, 0.05) is 40.8 Å². The van der Waals surface area contributed by atoms with Crippen molar-refractivity contribution in [2.24, 2.45) is 5.92 Å². The van der Waals surface area contributed by atoms with Crippen LogP contribution in [0.5, 0.6) is 0 Å². The normalized spacial score (nSPS) is 15.4. The largest absolute Gasteiger partial charge is 0.453 e. The maximum Gasteiger partial charge on any atom is 0.411 e. The Bertz CT molecular complexity index is 1670. The van der Waals surface area contributed by atoms with Gasteiger partial charge in [0.05, 0.1) is 36.1 Å². The van der Waals surface area contributed by atoms with Crippen molar-refractivity contribution >= 4 is 52.6 Å². The summed E-state index contributed by atoms with van der Waals surface area (Å²) in [6, 6.07) is 8.31. The number of hydrogen-bond donors (Lipinski definition) is 4. The zero-order valence-electron chi connectivity index (χ0n) is 23.6. The van der Waals surface area contributed by atoms with Gasteiger partial charge < -0.3 is 20.4 Å². The van der Waals surface area contributed by atoms with E-state index in [2.05, 4.69) is 41.4 Å². The van der Waals surface area contributed by atoms with Crippen LogP contribution in [0.1, 0.15) is 44.0 Å². The molecule has 222 valence electrons. The van der Waals surface area contributed by atoms with E-state index >= 15 is 0 Å². The molecule has 3 heterocycles. The van der Waals surface area contributed by atoms with Crippen molar-refractivity contribution < 1.29 is 19.1 Å². The molecular weight excluding hydrogens is 574 g/mol. The van der Waals surface area contributed by atoms with E-state index < -0.39 is 12.0 Å². The Labute approximate surface area is 252 Å². The summed E-state index contributed by atoms with van der Waals surface area (Å²) in [5.74, 6) is 0.309. The van der Waals surface area contributed by atoms with Crippen molar-refractivity contribution in [3.05, 3.63) is 65.3 Å². The smallest absolute Gasteiger partial charge is 0.411 e. The molecule has 1 aliphatic rings. The van der Waals surface area contributed by atoms with Crippen LogP contribution in [0.2, 0.25) is 5.02 Å². The van der Waals surface area contributed by atoms with E-state index in [1.165, 1.54) is 24.2 Å².